The molecule has 0 radical (unpaired) electrons. The molecule has 0 bridgehead atoms. The lowest BCUT2D eigenvalue weighted by atomic mass is 10.1. The van der Waals surface area contributed by atoms with Crippen molar-refractivity contribution in [2.24, 2.45) is 0 Å². The molecule has 0 aliphatic carbocycles. The van der Waals surface area contributed by atoms with Crippen LogP contribution in [0.3, 0.4) is 0 Å². The standard InChI is InChI=1S/C21H29F3N4O/c1-2-26-12-14-27(15-13-26)9-3-4-16-29-19-6-10-28(11-7-19)18-5-8-25-20(17-18)21(22,23)24/h5,8,17,19H,2,6-7,9-16H2,1H3. The molecule has 160 valence electrons. The zero-order valence-electron chi connectivity index (χ0n) is 16.9. The maximum absolute atomic E-state index is 12.8. The first kappa shape index (κ1) is 21.9. The molecule has 2 saturated heterocycles. The Hall–Kier alpha value is -1.82. The number of hydrogen-bond donors (Lipinski definition) is 0. The molecule has 0 amide bonds. The first-order valence-electron chi connectivity index (χ1n) is 10.3. The summed E-state index contributed by atoms with van der Waals surface area (Å²) < 4.78 is 44.3. The van der Waals surface area contributed by atoms with Gasteiger partial charge < -0.3 is 14.5 Å². The Labute approximate surface area is 170 Å². The van der Waals surface area contributed by atoms with Gasteiger partial charge in [-0.2, -0.15) is 13.2 Å². The monoisotopic (exact) mass is 410 g/mol. The van der Waals surface area contributed by atoms with Gasteiger partial charge in [0.1, 0.15) is 12.3 Å². The molecular weight excluding hydrogens is 381 g/mol. The molecule has 0 unspecified atom stereocenters. The van der Waals surface area contributed by atoms with Crippen molar-refractivity contribution in [2.75, 3.05) is 63.9 Å². The molecule has 0 atom stereocenters. The molecule has 1 aromatic heterocycles. The minimum atomic E-state index is -4.42. The highest BCUT2D eigenvalue weighted by molar-refractivity contribution is 5.47. The number of aromatic nitrogens is 1. The molecule has 1 aromatic rings. The molecule has 2 aliphatic rings. The number of alkyl halides is 3. The first-order chi connectivity index (χ1) is 14.0. The van der Waals surface area contributed by atoms with E-state index < -0.39 is 11.9 Å². The summed E-state index contributed by atoms with van der Waals surface area (Å²) in [5.41, 5.74) is -0.284. The molecule has 8 heteroatoms. The quantitative estimate of drug-likeness (QED) is 0.697. The largest absolute Gasteiger partial charge is 0.433 e. The van der Waals surface area contributed by atoms with Gasteiger partial charge in [0.2, 0.25) is 0 Å². The van der Waals surface area contributed by atoms with Crippen LogP contribution in [0.5, 0.6) is 0 Å². The van der Waals surface area contributed by atoms with E-state index in [9.17, 15) is 13.2 Å². The fourth-order valence-electron chi connectivity index (χ4n) is 3.69. The molecule has 3 rings (SSSR count). The zero-order valence-corrected chi connectivity index (χ0v) is 16.9. The van der Waals surface area contributed by atoms with Crippen LogP contribution in [0.1, 0.15) is 25.5 Å². The first-order valence-corrected chi connectivity index (χ1v) is 10.3. The van der Waals surface area contributed by atoms with Crippen LogP contribution in [0, 0.1) is 11.8 Å². The third-order valence-corrected chi connectivity index (χ3v) is 5.57. The topological polar surface area (TPSA) is 31.8 Å². The van der Waals surface area contributed by atoms with Crippen LogP contribution in [0.25, 0.3) is 0 Å². The van der Waals surface area contributed by atoms with E-state index in [-0.39, 0.29) is 6.10 Å². The number of halogens is 3. The molecule has 2 fully saturated rings. The second kappa shape index (κ2) is 10.3. The highest BCUT2D eigenvalue weighted by Crippen LogP contribution is 2.30. The highest BCUT2D eigenvalue weighted by atomic mass is 19.4. The third kappa shape index (κ3) is 6.59. The summed E-state index contributed by atoms with van der Waals surface area (Å²) >= 11 is 0. The van der Waals surface area contributed by atoms with Gasteiger partial charge in [0.15, 0.2) is 0 Å². The Balaban J connectivity index is 1.36. The van der Waals surface area contributed by atoms with E-state index in [0.717, 1.165) is 58.2 Å². The number of pyridine rings is 1. The number of anilines is 1. The molecule has 0 spiro atoms. The average Bonchev–Trinajstić information content (AvgIpc) is 2.74. The lowest BCUT2D eigenvalue weighted by Gasteiger charge is -2.33. The van der Waals surface area contributed by atoms with Crippen LogP contribution in [-0.2, 0) is 10.9 Å². The van der Waals surface area contributed by atoms with Gasteiger partial charge in [-0.3, -0.25) is 9.88 Å². The normalized spacial score (nSPS) is 19.8. The lowest BCUT2D eigenvalue weighted by Crippen LogP contribution is -2.46. The summed E-state index contributed by atoms with van der Waals surface area (Å²) in [6, 6.07) is 2.75. The van der Waals surface area contributed by atoms with Gasteiger partial charge in [-0.15, -0.1) is 0 Å². The van der Waals surface area contributed by atoms with Gasteiger partial charge in [-0.25, -0.2) is 0 Å². The Morgan fingerprint density at radius 2 is 1.76 bits per heavy atom. The zero-order chi connectivity index (χ0) is 20.7. The Morgan fingerprint density at radius 3 is 2.41 bits per heavy atom. The summed E-state index contributed by atoms with van der Waals surface area (Å²) in [4.78, 5) is 10.2. The smallest absolute Gasteiger partial charge is 0.371 e. The second-order valence-electron chi connectivity index (χ2n) is 7.46. The van der Waals surface area contributed by atoms with Gasteiger partial charge in [0, 0.05) is 51.2 Å². The van der Waals surface area contributed by atoms with Gasteiger partial charge >= 0.3 is 6.18 Å². The summed E-state index contributed by atoms with van der Waals surface area (Å²) in [6.07, 6.45) is -1.52. The van der Waals surface area contributed by atoms with Gasteiger partial charge in [0.25, 0.3) is 0 Å². The van der Waals surface area contributed by atoms with E-state index in [1.807, 2.05) is 4.90 Å². The summed E-state index contributed by atoms with van der Waals surface area (Å²) in [5, 5.41) is 0. The SMILES string of the molecule is CCN1CCN(CC#CCOC2CCN(c3ccnc(C(F)(F)F)c3)CC2)CC1. The number of nitrogens with zero attached hydrogens (tertiary/aromatic N) is 4. The Bertz CT molecular complexity index is 700. The van der Waals surface area contributed by atoms with Gasteiger partial charge in [-0.1, -0.05) is 18.8 Å². The van der Waals surface area contributed by atoms with Crippen LogP contribution in [0.2, 0.25) is 0 Å². The molecule has 0 aromatic carbocycles. The lowest BCUT2D eigenvalue weighted by molar-refractivity contribution is -0.141. The van der Waals surface area contributed by atoms with E-state index in [4.69, 9.17) is 4.74 Å². The number of piperidine rings is 1. The highest BCUT2D eigenvalue weighted by Gasteiger charge is 2.33. The summed E-state index contributed by atoms with van der Waals surface area (Å²) in [5.74, 6) is 6.29. The molecule has 2 aliphatic heterocycles. The van der Waals surface area contributed by atoms with Gasteiger partial charge in [0.05, 0.1) is 12.6 Å². The molecule has 29 heavy (non-hydrogen) atoms. The minimum Gasteiger partial charge on any atom is -0.371 e. The van der Waals surface area contributed by atoms with Crippen molar-refractivity contribution in [2.45, 2.75) is 32.0 Å². The Morgan fingerprint density at radius 1 is 1.07 bits per heavy atom. The van der Waals surface area contributed by atoms with Crippen LogP contribution in [0.4, 0.5) is 18.9 Å². The number of hydrogen-bond acceptors (Lipinski definition) is 5. The maximum Gasteiger partial charge on any atom is 0.433 e. The number of rotatable bonds is 5. The average molecular weight is 410 g/mol. The summed E-state index contributed by atoms with van der Waals surface area (Å²) in [6.45, 7) is 10.2. The maximum atomic E-state index is 12.8. The van der Waals surface area contributed by atoms with E-state index >= 15 is 0 Å². The molecule has 0 N–H and O–H groups in total. The second-order valence-corrected chi connectivity index (χ2v) is 7.46. The fourth-order valence-corrected chi connectivity index (χ4v) is 3.69. The number of likely N-dealkylation sites (N-methyl/N-ethyl adjacent to an activating group) is 1. The van der Waals surface area contributed by atoms with Crippen LogP contribution in [-0.4, -0.2) is 79.9 Å². The Kier molecular flexibility index (Phi) is 7.76. The predicted octanol–water partition coefficient (Wildman–Crippen LogP) is 2.73. The van der Waals surface area contributed by atoms with Gasteiger partial charge in [-0.05, 0) is 31.5 Å². The van der Waals surface area contributed by atoms with Crippen LogP contribution >= 0.6 is 0 Å². The van der Waals surface area contributed by atoms with Crippen molar-refractivity contribution in [1.29, 1.82) is 0 Å². The van der Waals surface area contributed by atoms with Crippen LogP contribution in [0.15, 0.2) is 18.3 Å². The van der Waals surface area contributed by atoms with E-state index in [1.165, 1.54) is 6.20 Å². The van der Waals surface area contributed by atoms with E-state index in [2.05, 4.69) is 33.5 Å². The fraction of sp³-hybridized carbons (Fsp3) is 0.667. The van der Waals surface area contributed by atoms with Crippen molar-refractivity contribution in [3.8, 4) is 11.8 Å². The number of ether oxygens (including phenoxy) is 1. The van der Waals surface area contributed by atoms with Crippen molar-refractivity contribution in [3.63, 3.8) is 0 Å². The van der Waals surface area contributed by atoms with Crippen molar-refractivity contribution < 1.29 is 17.9 Å². The third-order valence-electron chi connectivity index (χ3n) is 5.57. The van der Waals surface area contributed by atoms with Crippen molar-refractivity contribution in [1.82, 2.24) is 14.8 Å². The molecule has 5 nitrogen and oxygen atoms in total. The molecular formula is C21H29F3N4O. The van der Waals surface area contributed by atoms with E-state index in [0.29, 0.717) is 25.4 Å². The van der Waals surface area contributed by atoms with Crippen molar-refractivity contribution in [3.05, 3.63) is 24.0 Å². The van der Waals surface area contributed by atoms with Crippen LogP contribution < -0.4 is 4.90 Å². The molecule has 0 saturated carbocycles. The molecule has 3 heterocycles. The predicted molar refractivity (Wildman–Crippen MR) is 107 cm³/mol. The van der Waals surface area contributed by atoms with E-state index in [1.54, 1.807) is 6.07 Å². The minimum absolute atomic E-state index is 0.109. The number of piperazine rings is 1. The van der Waals surface area contributed by atoms with Crippen molar-refractivity contribution >= 4 is 5.69 Å². The summed E-state index contributed by atoms with van der Waals surface area (Å²) in [7, 11) is 0.